The second kappa shape index (κ2) is 3.87. The summed E-state index contributed by atoms with van der Waals surface area (Å²) in [4.78, 5) is 0. The van der Waals surface area contributed by atoms with Gasteiger partial charge in [0.25, 0.3) is 0 Å². The number of nitrogens with one attached hydrogen (secondary N) is 1. The standard InChI is InChI=1S/C10H13NO2/c12-11-5-8-3-1-2-4-10(8)9-6-13-7-9/h1-4,9,11-12H,5-7H2. The Morgan fingerprint density at radius 1 is 1.38 bits per heavy atom. The Morgan fingerprint density at radius 3 is 2.77 bits per heavy atom. The van der Waals surface area contributed by atoms with Crippen molar-refractivity contribution in [3.8, 4) is 0 Å². The van der Waals surface area contributed by atoms with Crippen molar-refractivity contribution in [2.24, 2.45) is 0 Å². The third-order valence-electron chi connectivity index (χ3n) is 2.40. The molecule has 0 aromatic heterocycles. The van der Waals surface area contributed by atoms with Crippen LogP contribution in [-0.2, 0) is 11.3 Å². The van der Waals surface area contributed by atoms with E-state index < -0.39 is 0 Å². The number of hydrogen-bond acceptors (Lipinski definition) is 3. The lowest BCUT2D eigenvalue weighted by molar-refractivity contribution is 0.00780. The minimum atomic E-state index is 0.507. The van der Waals surface area contributed by atoms with Gasteiger partial charge in [-0.1, -0.05) is 24.3 Å². The van der Waals surface area contributed by atoms with Crippen LogP contribution < -0.4 is 5.48 Å². The predicted octanol–water partition coefficient (Wildman–Crippen LogP) is 1.28. The predicted molar refractivity (Wildman–Crippen MR) is 48.6 cm³/mol. The average molecular weight is 179 g/mol. The zero-order valence-corrected chi connectivity index (χ0v) is 7.36. The number of hydrogen-bond donors (Lipinski definition) is 2. The maximum atomic E-state index is 8.64. The van der Waals surface area contributed by atoms with Crippen LogP contribution in [0.5, 0.6) is 0 Å². The van der Waals surface area contributed by atoms with Crippen LogP contribution in [0.15, 0.2) is 24.3 Å². The molecule has 0 bridgehead atoms. The van der Waals surface area contributed by atoms with E-state index in [9.17, 15) is 0 Å². The quantitative estimate of drug-likeness (QED) is 0.687. The van der Waals surface area contributed by atoms with Gasteiger partial charge in [-0.2, -0.15) is 0 Å². The normalized spacial score (nSPS) is 17.0. The van der Waals surface area contributed by atoms with Crippen molar-refractivity contribution >= 4 is 0 Å². The molecule has 0 spiro atoms. The van der Waals surface area contributed by atoms with Gasteiger partial charge in [-0.25, -0.2) is 5.48 Å². The van der Waals surface area contributed by atoms with E-state index in [0.29, 0.717) is 12.5 Å². The first-order valence-electron chi connectivity index (χ1n) is 4.44. The highest BCUT2D eigenvalue weighted by Gasteiger charge is 2.22. The van der Waals surface area contributed by atoms with Crippen LogP contribution in [0, 0.1) is 0 Å². The molecule has 1 heterocycles. The van der Waals surface area contributed by atoms with Crippen molar-refractivity contribution in [1.82, 2.24) is 5.48 Å². The monoisotopic (exact) mass is 179 g/mol. The van der Waals surface area contributed by atoms with E-state index in [1.807, 2.05) is 18.2 Å². The Morgan fingerprint density at radius 2 is 2.15 bits per heavy atom. The van der Waals surface area contributed by atoms with Gasteiger partial charge in [0.05, 0.1) is 13.2 Å². The van der Waals surface area contributed by atoms with E-state index in [0.717, 1.165) is 18.8 Å². The molecule has 1 aromatic rings. The number of benzene rings is 1. The zero-order chi connectivity index (χ0) is 9.10. The summed E-state index contributed by atoms with van der Waals surface area (Å²) in [5.41, 5.74) is 4.63. The molecule has 0 amide bonds. The largest absolute Gasteiger partial charge is 0.380 e. The molecule has 0 aliphatic carbocycles. The van der Waals surface area contributed by atoms with Crippen LogP contribution in [0.1, 0.15) is 17.0 Å². The van der Waals surface area contributed by atoms with Crippen LogP contribution >= 0.6 is 0 Å². The molecule has 2 N–H and O–H groups in total. The maximum Gasteiger partial charge on any atom is 0.0557 e. The van der Waals surface area contributed by atoms with Crippen LogP contribution in [-0.4, -0.2) is 18.4 Å². The Kier molecular flexibility index (Phi) is 2.59. The molecule has 13 heavy (non-hydrogen) atoms. The lowest BCUT2D eigenvalue weighted by Gasteiger charge is -2.28. The summed E-state index contributed by atoms with van der Waals surface area (Å²) in [6.07, 6.45) is 0. The van der Waals surface area contributed by atoms with E-state index in [2.05, 4.69) is 11.5 Å². The van der Waals surface area contributed by atoms with Crippen molar-refractivity contribution < 1.29 is 9.94 Å². The molecule has 1 saturated heterocycles. The smallest absolute Gasteiger partial charge is 0.0557 e. The molecular formula is C10H13NO2. The van der Waals surface area contributed by atoms with Gasteiger partial charge in [-0.05, 0) is 11.1 Å². The van der Waals surface area contributed by atoms with Crippen molar-refractivity contribution in [3.63, 3.8) is 0 Å². The summed E-state index contributed by atoms with van der Waals surface area (Å²) in [5.74, 6) is 0.518. The minimum Gasteiger partial charge on any atom is -0.380 e. The molecule has 1 aromatic carbocycles. The van der Waals surface area contributed by atoms with Crippen molar-refractivity contribution in [1.29, 1.82) is 0 Å². The zero-order valence-electron chi connectivity index (χ0n) is 7.36. The van der Waals surface area contributed by atoms with Crippen LogP contribution in [0.25, 0.3) is 0 Å². The highest BCUT2D eigenvalue weighted by atomic mass is 16.5. The minimum absolute atomic E-state index is 0.507. The van der Waals surface area contributed by atoms with E-state index in [4.69, 9.17) is 9.94 Å². The number of hydroxylamine groups is 1. The van der Waals surface area contributed by atoms with Gasteiger partial charge in [0, 0.05) is 12.5 Å². The van der Waals surface area contributed by atoms with Gasteiger partial charge in [0.1, 0.15) is 0 Å². The summed E-state index contributed by atoms with van der Waals surface area (Å²) in [5, 5.41) is 8.64. The molecule has 0 unspecified atom stereocenters. The molecular weight excluding hydrogens is 166 g/mol. The third-order valence-corrected chi connectivity index (χ3v) is 2.40. The second-order valence-corrected chi connectivity index (χ2v) is 3.27. The van der Waals surface area contributed by atoms with Crippen molar-refractivity contribution in [2.75, 3.05) is 13.2 Å². The fourth-order valence-corrected chi connectivity index (χ4v) is 1.59. The Bertz CT molecular complexity index is 284. The lowest BCUT2D eigenvalue weighted by Crippen LogP contribution is -2.26. The summed E-state index contributed by atoms with van der Waals surface area (Å²) in [7, 11) is 0. The molecule has 1 aliphatic heterocycles. The molecule has 0 radical (unpaired) electrons. The summed E-state index contributed by atoms with van der Waals surface area (Å²) in [6.45, 7) is 2.12. The number of ether oxygens (including phenoxy) is 1. The van der Waals surface area contributed by atoms with Crippen LogP contribution in [0.4, 0.5) is 0 Å². The van der Waals surface area contributed by atoms with Gasteiger partial charge in [-0.3, -0.25) is 0 Å². The summed E-state index contributed by atoms with van der Waals surface area (Å²) >= 11 is 0. The second-order valence-electron chi connectivity index (χ2n) is 3.27. The van der Waals surface area contributed by atoms with Gasteiger partial charge in [-0.15, -0.1) is 0 Å². The Balaban J connectivity index is 2.20. The first-order chi connectivity index (χ1) is 6.42. The molecule has 70 valence electrons. The molecule has 2 rings (SSSR count). The fraction of sp³-hybridized carbons (Fsp3) is 0.400. The maximum absolute atomic E-state index is 8.64. The van der Waals surface area contributed by atoms with Gasteiger partial charge >= 0.3 is 0 Å². The van der Waals surface area contributed by atoms with E-state index >= 15 is 0 Å². The SMILES string of the molecule is ONCc1ccccc1C1COC1. The first-order valence-corrected chi connectivity index (χ1v) is 4.44. The van der Waals surface area contributed by atoms with E-state index in [1.165, 1.54) is 5.56 Å². The first kappa shape index (κ1) is 8.69. The summed E-state index contributed by atoms with van der Waals surface area (Å²) < 4.78 is 5.14. The van der Waals surface area contributed by atoms with Crippen LogP contribution in [0.2, 0.25) is 0 Å². The highest BCUT2D eigenvalue weighted by Crippen LogP contribution is 2.26. The Labute approximate surface area is 77.3 Å². The van der Waals surface area contributed by atoms with Gasteiger partial charge < -0.3 is 9.94 Å². The van der Waals surface area contributed by atoms with Gasteiger partial charge in [0.15, 0.2) is 0 Å². The summed E-state index contributed by atoms with van der Waals surface area (Å²) in [6, 6.07) is 8.13. The average Bonchev–Trinajstić information content (AvgIpc) is 2.05. The molecule has 3 nitrogen and oxygen atoms in total. The third kappa shape index (κ3) is 1.72. The van der Waals surface area contributed by atoms with E-state index in [-0.39, 0.29) is 0 Å². The topological polar surface area (TPSA) is 41.5 Å². The Hall–Kier alpha value is -0.900. The molecule has 1 aliphatic rings. The van der Waals surface area contributed by atoms with Crippen molar-refractivity contribution in [2.45, 2.75) is 12.5 Å². The van der Waals surface area contributed by atoms with Gasteiger partial charge in [0.2, 0.25) is 0 Å². The molecule has 1 fully saturated rings. The highest BCUT2D eigenvalue weighted by molar-refractivity contribution is 5.31. The molecule has 0 saturated carbocycles. The van der Waals surface area contributed by atoms with E-state index in [1.54, 1.807) is 0 Å². The fourth-order valence-electron chi connectivity index (χ4n) is 1.59. The van der Waals surface area contributed by atoms with Crippen LogP contribution in [0.3, 0.4) is 0 Å². The molecule has 3 heteroatoms. The van der Waals surface area contributed by atoms with Crippen molar-refractivity contribution in [3.05, 3.63) is 35.4 Å². The molecule has 0 atom stereocenters. The lowest BCUT2D eigenvalue weighted by atomic mass is 9.93. The number of rotatable bonds is 3.